The third-order valence-corrected chi connectivity index (χ3v) is 6.28. The van der Waals surface area contributed by atoms with E-state index >= 15 is 0 Å². The molecule has 1 N–H and O–H groups in total. The van der Waals surface area contributed by atoms with E-state index in [0.29, 0.717) is 11.8 Å². The van der Waals surface area contributed by atoms with Gasteiger partial charge in [-0.25, -0.2) is 0 Å². The highest BCUT2D eigenvalue weighted by Crippen LogP contribution is 2.25. The Morgan fingerprint density at radius 2 is 1.90 bits per heavy atom. The Morgan fingerprint density at radius 3 is 2.55 bits per heavy atom. The molecular formula is C22H32N4O2S. The molecule has 0 bridgehead atoms. The van der Waals surface area contributed by atoms with Crippen molar-refractivity contribution in [2.45, 2.75) is 83.1 Å². The van der Waals surface area contributed by atoms with Gasteiger partial charge in [-0.15, -0.1) is 10.2 Å². The van der Waals surface area contributed by atoms with Crippen molar-refractivity contribution >= 4 is 17.7 Å². The van der Waals surface area contributed by atoms with Crippen LogP contribution in [0, 0.1) is 6.92 Å². The minimum absolute atomic E-state index is 0.0815. The average molecular weight is 417 g/mol. The topological polar surface area (TPSA) is 69.0 Å². The second kappa shape index (κ2) is 10.7. The Balaban J connectivity index is 1.56. The van der Waals surface area contributed by atoms with Crippen molar-refractivity contribution in [3.05, 3.63) is 35.7 Å². The summed E-state index contributed by atoms with van der Waals surface area (Å²) in [5, 5.41) is 12.6. The number of ether oxygens (including phenoxy) is 1. The molecule has 29 heavy (non-hydrogen) atoms. The predicted octanol–water partition coefficient (Wildman–Crippen LogP) is 4.68. The summed E-state index contributed by atoms with van der Waals surface area (Å²) in [7, 11) is 0. The average Bonchev–Trinajstić information content (AvgIpc) is 2.96. The molecule has 7 heteroatoms. The van der Waals surface area contributed by atoms with Crippen LogP contribution in [0.3, 0.4) is 0 Å². The highest BCUT2D eigenvalue weighted by atomic mass is 32.2. The summed E-state index contributed by atoms with van der Waals surface area (Å²) >= 11 is 1.44. The second-order valence-electron chi connectivity index (χ2n) is 7.70. The SMILES string of the molecule is CCn1c(SCC(=O)NC2CCCCCC2)nnc1C(C)Oc1ccc(C)cc1. The Kier molecular flexibility index (Phi) is 7.98. The zero-order chi connectivity index (χ0) is 20.6. The van der Waals surface area contributed by atoms with Crippen LogP contribution in [0.25, 0.3) is 0 Å². The molecule has 1 aliphatic carbocycles. The summed E-state index contributed by atoms with van der Waals surface area (Å²) in [5.41, 5.74) is 1.20. The molecule has 1 unspecified atom stereocenters. The lowest BCUT2D eigenvalue weighted by Crippen LogP contribution is -2.35. The largest absolute Gasteiger partial charge is 0.483 e. The summed E-state index contributed by atoms with van der Waals surface area (Å²) in [4.78, 5) is 12.4. The number of amides is 1. The highest BCUT2D eigenvalue weighted by Gasteiger charge is 2.20. The second-order valence-corrected chi connectivity index (χ2v) is 8.65. The number of carbonyl (C=O) groups excluding carboxylic acids is 1. The number of aromatic nitrogens is 3. The molecule has 0 saturated heterocycles. The lowest BCUT2D eigenvalue weighted by atomic mass is 10.1. The van der Waals surface area contributed by atoms with Crippen LogP contribution < -0.4 is 10.1 Å². The van der Waals surface area contributed by atoms with Gasteiger partial charge in [0.1, 0.15) is 5.75 Å². The number of rotatable bonds is 8. The lowest BCUT2D eigenvalue weighted by Gasteiger charge is -2.17. The highest BCUT2D eigenvalue weighted by molar-refractivity contribution is 7.99. The molecule has 0 radical (unpaired) electrons. The van der Waals surface area contributed by atoms with Crippen molar-refractivity contribution in [2.75, 3.05) is 5.75 Å². The summed E-state index contributed by atoms with van der Waals surface area (Å²) < 4.78 is 8.07. The summed E-state index contributed by atoms with van der Waals surface area (Å²) in [6.07, 6.45) is 6.96. The molecule has 0 spiro atoms. The van der Waals surface area contributed by atoms with E-state index in [1.807, 2.05) is 35.8 Å². The van der Waals surface area contributed by atoms with Crippen molar-refractivity contribution in [3.8, 4) is 5.75 Å². The van der Waals surface area contributed by atoms with Gasteiger partial charge in [0.2, 0.25) is 5.91 Å². The van der Waals surface area contributed by atoms with E-state index < -0.39 is 0 Å². The van der Waals surface area contributed by atoms with E-state index in [-0.39, 0.29) is 12.0 Å². The molecule has 3 rings (SSSR count). The Labute approximate surface area is 177 Å². The molecule has 158 valence electrons. The third kappa shape index (κ3) is 6.23. The van der Waals surface area contributed by atoms with Gasteiger partial charge in [-0.1, -0.05) is 55.1 Å². The first-order chi connectivity index (χ1) is 14.1. The molecule has 1 amide bonds. The van der Waals surface area contributed by atoms with Crippen molar-refractivity contribution in [1.82, 2.24) is 20.1 Å². The van der Waals surface area contributed by atoms with Gasteiger partial charge in [0.25, 0.3) is 0 Å². The van der Waals surface area contributed by atoms with E-state index in [4.69, 9.17) is 4.74 Å². The summed E-state index contributed by atoms with van der Waals surface area (Å²) in [6, 6.07) is 8.31. The molecule has 6 nitrogen and oxygen atoms in total. The molecule has 1 atom stereocenters. The first-order valence-corrected chi connectivity index (χ1v) is 11.6. The van der Waals surface area contributed by atoms with E-state index in [0.717, 1.165) is 36.1 Å². The smallest absolute Gasteiger partial charge is 0.230 e. The van der Waals surface area contributed by atoms with Crippen molar-refractivity contribution in [1.29, 1.82) is 0 Å². The van der Waals surface area contributed by atoms with Gasteiger partial charge < -0.3 is 14.6 Å². The maximum absolute atomic E-state index is 12.4. The van der Waals surface area contributed by atoms with Crippen LogP contribution in [0.4, 0.5) is 0 Å². The number of nitrogens with one attached hydrogen (secondary N) is 1. The lowest BCUT2D eigenvalue weighted by molar-refractivity contribution is -0.119. The molecule has 1 saturated carbocycles. The minimum atomic E-state index is -0.223. The zero-order valence-electron chi connectivity index (χ0n) is 17.7. The number of thioether (sulfide) groups is 1. The van der Waals surface area contributed by atoms with Crippen molar-refractivity contribution in [2.24, 2.45) is 0 Å². The van der Waals surface area contributed by atoms with Gasteiger partial charge >= 0.3 is 0 Å². The van der Waals surface area contributed by atoms with Gasteiger partial charge in [-0.2, -0.15) is 0 Å². The zero-order valence-corrected chi connectivity index (χ0v) is 18.5. The molecule has 2 aromatic rings. The number of carbonyl (C=O) groups is 1. The standard InChI is InChI=1S/C22H32N4O2S/c1-4-26-21(17(3)28-19-13-11-16(2)12-14-19)24-25-22(26)29-15-20(27)23-18-9-7-5-6-8-10-18/h11-14,17-18H,4-10,15H2,1-3H3,(H,23,27). The van der Waals surface area contributed by atoms with Crippen LogP contribution in [-0.2, 0) is 11.3 Å². The van der Waals surface area contributed by atoms with Gasteiger partial charge in [0, 0.05) is 12.6 Å². The van der Waals surface area contributed by atoms with E-state index in [1.165, 1.54) is 43.0 Å². The first-order valence-electron chi connectivity index (χ1n) is 10.7. The minimum Gasteiger partial charge on any atom is -0.483 e. The molecule has 1 aromatic carbocycles. The van der Waals surface area contributed by atoms with Crippen LogP contribution in [-0.4, -0.2) is 32.5 Å². The molecule has 1 aliphatic rings. The number of benzene rings is 1. The molecule has 1 aromatic heterocycles. The van der Waals surface area contributed by atoms with Crippen LogP contribution in [0.15, 0.2) is 29.4 Å². The number of hydrogen-bond acceptors (Lipinski definition) is 5. The fourth-order valence-electron chi connectivity index (χ4n) is 3.70. The normalized spacial score (nSPS) is 16.2. The first kappa shape index (κ1) is 21.7. The van der Waals surface area contributed by atoms with Crippen LogP contribution in [0.1, 0.15) is 69.9 Å². The fourth-order valence-corrected chi connectivity index (χ4v) is 4.52. The number of hydrogen-bond donors (Lipinski definition) is 1. The molecule has 0 aliphatic heterocycles. The maximum Gasteiger partial charge on any atom is 0.230 e. The number of nitrogens with zero attached hydrogens (tertiary/aromatic N) is 3. The Hall–Kier alpha value is -2.02. The summed E-state index contributed by atoms with van der Waals surface area (Å²) in [5.74, 6) is 2.03. The van der Waals surface area contributed by atoms with Gasteiger partial charge in [0.15, 0.2) is 17.1 Å². The Morgan fingerprint density at radius 1 is 1.21 bits per heavy atom. The van der Waals surface area contributed by atoms with Gasteiger partial charge in [0.05, 0.1) is 5.75 Å². The van der Waals surface area contributed by atoms with Crippen LogP contribution in [0.2, 0.25) is 0 Å². The van der Waals surface area contributed by atoms with E-state index in [1.54, 1.807) is 0 Å². The van der Waals surface area contributed by atoms with Crippen molar-refractivity contribution < 1.29 is 9.53 Å². The molecular weight excluding hydrogens is 384 g/mol. The number of aryl methyl sites for hydroxylation is 1. The third-order valence-electron chi connectivity index (χ3n) is 5.31. The molecule has 1 heterocycles. The van der Waals surface area contributed by atoms with E-state index in [2.05, 4.69) is 29.4 Å². The Bertz CT molecular complexity index is 783. The monoisotopic (exact) mass is 416 g/mol. The van der Waals surface area contributed by atoms with Gasteiger partial charge in [-0.3, -0.25) is 4.79 Å². The quantitative estimate of drug-likeness (QED) is 0.500. The molecule has 1 fully saturated rings. The van der Waals surface area contributed by atoms with E-state index in [9.17, 15) is 4.79 Å². The van der Waals surface area contributed by atoms with Crippen LogP contribution >= 0.6 is 11.8 Å². The van der Waals surface area contributed by atoms with Gasteiger partial charge in [-0.05, 0) is 45.7 Å². The fraction of sp³-hybridized carbons (Fsp3) is 0.591. The maximum atomic E-state index is 12.4. The predicted molar refractivity (Wildman–Crippen MR) is 116 cm³/mol. The van der Waals surface area contributed by atoms with Crippen LogP contribution in [0.5, 0.6) is 5.75 Å². The van der Waals surface area contributed by atoms with Crippen molar-refractivity contribution in [3.63, 3.8) is 0 Å². The summed E-state index contributed by atoms with van der Waals surface area (Å²) in [6.45, 7) is 6.82.